The first-order valence-corrected chi connectivity index (χ1v) is 5.09. The number of hydrogen-bond donors (Lipinski definition) is 0. The molecule has 0 saturated heterocycles. The number of allylic oxidation sites excluding steroid dienone is 1. The van der Waals surface area contributed by atoms with Crippen LogP contribution in [0.4, 0.5) is 0 Å². The van der Waals surface area contributed by atoms with Crippen molar-refractivity contribution in [3.8, 4) is 0 Å². The van der Waals surface area contributed by atoms with E-state index in [0.29, 0.717) is 0 Å². The summed E-state index contributed by atoms with van der Waals surface area (Å²) in [5.74, 6) is 0. The molecule has 2 rings (SSSR count). The van der Waals surface area contributed by atoms with Crippen LogP contribution >= 0.6 is 0 Å². The maximum atomic E-state index is 4.52. The Hall–Kier alpha value is -1.37. The summed E-state index contributed by atoms with van der Waals surface area (Å²) < 4.78 is 0. The molecular weight excluding hydrogens is 170 g/mol. The van der Waals surface area contributed by atoms with Crippen molar-refractivity contribution in [3.05, 3.63) is 47.5 Å². The highest BCUT2D eigenvalue weighted by Crippen LogP contribution is 2.10. The fraction of sp³-hybridized carbons (Fsp3) is 0.308. The third-order valence-electron chi connectivity index (χ3n) is 2.46. The second-order valence-corrected chi connectivity index (χ2v) is 3.78. The maximum absolute atomic E-state index is 4.52. The minimum Gasteiger partial charge on any atom is -0.289 e. The van der Waals surface area contributed by atoms with Gasteiger partial charge in [-0.15, -0.1) is 0 Å². The smallest absolute Gasteiger partial charge is 0.0429 e. The van der Waals surface area contributed by atoms with E-state index in [0.717, 1.165) is 19.4 Å². The number of aliphatic imine (C=N–C) groups is 1. The first kappa shape index (κ1) is 9.20. The monoisotopic (exact) mass is 185 g/mol. The van der Waals surface area contributed by atoms with Gasteiger partial charge in [0.1, 0.15) is 0 Å². The van der Waals surface area contributed by atoms with Crippen LogP contribution in [-0.4, -0.2) is 12.3 Å². The summed E-state index contributed by atoms with van der Waals surface area (Å²) in [5, 5.41) is 0. The lowest BCUT2D eigenvalue weighted by atomic mass is 10.0. The van der Waals surface area contributed by atoms with Crippen LogP contribution in [0.15, 0.2) is 47.0 Å². The number of nitrogens with zero attached hydrogens (tertiary/aromatic N) is 1. The fourth-order valence-electron chi connectivity index (χ4n) is 1.69. The zero-order valence-corrected chi connectivity index (χ0v) is 8.53. The maximum Gasteiger partial charge on any atom is 0.0429 e. The van der Waals surface area contributed by atoms with Gasteiger partial charge in [-0.3, -0.25) is 4.99 Å². The van der Waals surface area contributed by atoms with Gasteiger partial charge in [-0.05, 0) is 25.0 Å². The molecule has 0 saturated carbocycles. The van der Waals surface area contributed by atoms with E-state index in [9.17, 15) is 0 Å². The van der Waals surface area contributed by atoms with E-state index in [-0.39, 0.29) is 0 Å². The molecule has 0 N–H and O–H groups in total. The first-order chi connectivity index (χ1) is 6.84. The van der Waals surface area contributed by atoms with E-state index in [2.05, 4.69) is 42.3 Å². The zero-order chi connectivity index (χ0) is 9.80. The number of hydrogen-bond acceptors (Lipinski definition) is 1. The average molecular weight is 185 g/mol. The van der Waals surface area contributed by atoms with Crippen molar-refractivity contribution < 1.29 is 0 Å². The molecule has 0 aromatic heterocycles. The largest absolute Gasteiger partial charge is 0.289 e. The molecule has 14 heavy (non-hydrogen) atoms. The van der Waals surface area contributed by atoms with Crippen molar-refractivity contribution in [3.63, 3.8) is 0 Å². The highest BCUT2D eigenvalue weighted by atomic mass is 14.7. The number of dihydropyridines is 1. The summed E-state index contributed by atoms with van der Waals surface area (Å²) in [5.41, 5.74) is 4.02. The molecule has 72 valence electrons. The highest BCUT2D eigenvalue weighted by Gasteiger charge is 2.03. The fourth-order valence-corrected chi connectivity index (χ4v) is 1.69. The summed E-state index contributed by atoms with van der Waals surface area (Å²) in [4.78, 5) is 4.52. The second-order valence-electron chi connectivity index (χ2n) is 3.78. The number of benzene rings is 1. The standard InChI is InChI=1S/C13H15N/c1-11-7-8-14-13(9-11)10-12-5-3-2-4-6-12/h2-6,9H,7-8,10H2,1H3. The van der Waals surface area contributed by atoms with Gasteiger partial charge in [0.25, 0.3) is 0 Å². The lowest BCUT2D eigenvalue weighted by Crippen LogP contribution is -2.06. The van der Waals surface area contributed by atoms with Gasteiger partial charge in [0.15, 0.2) is 0 Å². The van der Waals surface area contributed by atoms with Crippen LogP contribution in [0, 0.1) is 0 Å². The third kappa shape index (κ3) is 2.32. The third-order valence-corrected chi connectivity index (χ3v) is 2.46. The molecule has 1 heteroatoms. The molecule has 0 unspecified atom stereocenters. The predicted octanol–water partition coefficient (Wildman–Crippen LogP) is 3.02. The average Bonchev–Trinajstić information content (AvgIpc) is 2.19. The van der Waals surface area contributed by atoms with E-state index in [1.807, 2.05) is 6.07 Å². The van der Waals surface area contributed by atoms with E-state index in [1.54, 1.807) is 0 Å². The molecule has 0 aliphatic carbocycles. The summed E-state index contributed by atoms with van der Waals surface area (Å²) in [6.45, 7) is 3.14. The summed E-state index contributed by atoms with van der Waals surface area (Å²) >= 11 is 0. The molecule has 0 atom stereocenters. The molecule has 1 heterocycles. The lowest BCUT2D eigenvalue weighted by molar-refractivity contribution is 0.928. The first-order valence-electron chi connectivity index (χ1n) is 5.09. The summed E-state index contributed by atoms with van der Waals surface area (Å²) in [7, 11) is 0. The Balaban J connectivity index is 2.09. The van der Waals surface area contributed by atoms with E-state index < -0.39 is 0 Å². The quantitative estimate of drug-likeness (QED) is 0.671. The second kappa shape index (κ2) is 4.23. The van der Waals surface area contributed by atoms with Crippen molar-refractivity contribution in [2.45, 2.75) is 19.8 Å². The molecule has 1 nitrogen and oxygen atoms in total. The van der Waals surface area contributed by atoms with Crippen LogP contribution in [0.2, 0.25) is 0 Å². The van der Waals surface area contributed by atoms with Crippen LogP contribution < -0.4 is 0 Å². The van der Waals surface area contributed by atoms with Gasteiger partial charge in [-0.1, -0.05) is 35.9 Å². The molecule has 1 aliphatic heterocycles. The zero-order valence-electron chi connectivity index (χ0n) is 8.53. The lowest BCUT2D eigenvalue weighted by Gasteiger charge is -2.09. The van der Waals surface area contributed by atoms with E-state index in [4.69, 9.17) is 0 Å². The van der Waals surface area contributed by atoms with Crippen LogP contribution in [0.1, 0.15) is 18.9 Å². The topological polar surface area (TPSA) is 12.4 Å². The molecule has 0 radical (unpaired) electrons. The Bertz CT molecular complexity index is 360. The predicted molar refractivity (Wildman–Crippen MR) is 60.8 cm³/mol. The Labute approximate surface area is 85.2 Å². The van der Waals surface area contributed by atoms with Gasteiger partial charge in [-0.2, -0.15) is 0 Å². The molecule has 0 spiro atoms. The molecule has 0 amide bonds. The molecule has 0 bridgehead atoms. The van der Waals surface area contributed by atoms with Crippen LogP contribution in [0.3, 0.4) is 0 Å². The van der Waals surface area contributed by atoms with Gasteiger partial charge in [0.05, 0.1) is 0 Å². The van der Waals surface area contributed by atoms with Crippen molar-refractivity contribution >= 4 is 5.71 Å². The minimum absolute atomic E-state index is 0.963. The van der Waals surface area contributed by atoms with Gasteiger partial charge in [-0.25, -0.2) is 0 Å². The van der Waals surface area contributed by atoms with Crippen molar-refractivity contribution in [2.24, 2.45) is 4.99 Å². The van der Waals surface area contributed by atoms with Crippen molar-refractivity contribution in [1.82, 2.24) is 0 Å². The minimum atomic E-state index is 0.963. The molecule has 0 fully saturated rings. The Morgan fingerprint density at radius 2 is 2.00 bits per heavy atom. The Kier molecular flexibility index (Phi) is 2.78. The van der Waals surface area contributed by atoms with Crippen LogP contribution in [-0.2, 0) is 6.42 Å². The van der Waals surface area contributed by atoms with E-state index >= 15 is 0 Å². The molecule has 1 aromatic rings. The van der Waals surface area contributed by atoms with Gasteiger partial charge < -0.3 is 0 Å². The Morgan fingerprint density at radius 3 is 2.71 bits per heavy atom. The summed E-state index contributed by atoms with van der Waals surface area (Å²) in [6, 6.07) is 10.5. The SMILES string of the molecule is CC1=CC(Cc2ccccc2)=NCC1. The van der Waals surface area contributed by atoms with E-state index in [1.165, 1.54) is 16.8 Å². The van der Waals surface area contributed by atoms with Crippen molar-refractivity contribution in [1.29, 1.82) is 0 Å². The Morgan fingerprint density at radius 1 is 1.21 bits per heavy atom. The van der Waals surface area contributed by atoms with Crippen molar-refractivity contribution in [2.75, 3.05) is 6.54 Å². The normalized spacial score (nSPS) is 16.1. The van der Waals surface area contributed by atoms with Crippen LogP contribution in [0.5, 0.6) is 0 Å². The molecule has 1 aromatic carbocycles. The number of rotatable bonds is 2. The van der Waals surface area contributed by atoms with Crippen LogP contribution in [0.25, 0.3) is 0 Å². The van der Waals surface area contributed by atoms with Gasteiger partial charge in [0, 0.05) is 18.7 Å². The van der Waals surface area contributed by atoms with Gasteiger partial charge in [0.2, 0.25) is 0 Å². The van der Waals surface area contributed by atoms with Gasteiger partial charge >= 0.3 is 0 Å². The summed E-state index contributed by atoms with van der Waals surface area (Å²) in [6.07, 6.45) is 4.31. The molecule has 1 aliphatic rings. The highest BCUT2D eigenvalue weighted by molar-refractivity contribution is 5.97. The molecular formula is C13H15N.